The van der Waals surface area contributed by atoms with E-state index in [0.29, 0.717) is 58.7 Å². The van der Waals surface area contributed by atoms with Gasteiger partial charge >= 0.3 is 14.8 Å². The summed E-state index contributed by atoms with van der Waals surface area (Å²) in [4.78, 5) is 24.6. The molecular formula is C41H73NO8Si. The van der Waals surface area contributed by atoms with Crippen molar-refractivity contribution in [1.82, 2.24) is 5.32 Å². The third-order valence-corrected chi connectivity index (χ3v) is 11.7. The van der Waals surface area contributed by atoms with Crippen LogP contribution in [0.1, 0.15) is 156 Å². The topological polar surface area (TPSA) is 102 Å². The molecule has 10 heteroatoms. The first-order valence-electron chi connectivity index (χ1n) is 20.4. The van der Waals surface area contributed by atoms with E-state index < -0.39 is 8.80 Å². The molecule has 1 rings (SSSR count). The Hall–Kier alpha value is -2.40. The molecule has 0 fully saturated rings. The smallest absolute Gasteiger partial charge is 0.493 e. The van der Waals surface area contributed by atoms with Crippen molar-refractivity contribution in [3.05, 3.63) is 29.8 Å². The second-order valence-electron chi connectivity index (χ2n) is 13.0. The lowest BCUT2D eigenvalue weighted by molar-refractivity contribution is -0.137. The lowest BCUT2D eigenvalue weighted by Gasteiger charge is -2.28. The third kappa shape index (κ3) is 24.5. The molecule has 294 valence electrons. The predicted octanol–water partition coefficient (Wildman–Crippen LogP) is 10.2. The van der Waals surface area contributed by atoms with Crippen LogP contribution in [0.25, 0.3) is 6.08 Å². The number of carbonyl (C=O) groups is 2. The van der Waals surface area contributed by atoms with Crippen LogP contribution in [0.4, 0.5) is 0 Å². The number of benzene rings is 1. The maximum atomic E-state index is 12.3. The number of nitrogens with one attached hydrogen (secondary N) is 1. The normalized spacial score (nSPS) is 11.6. The summed E-state index contributed by atoms with van der Waals surface area (Å²) in [6.45, 7) is 14.3. The van der Waals surface area contributed by atoms with Crippen molar-refractivity contribution in [2.45, 2.75) is 156 Å². The van der Waals surface area contributed by atoms with Gasteiger partial charge in [0.25, 0.3) is 0 Å². The molecule has 1 aromatic carbocycles. The highest BCUT2D eigenvalue weighted by Gasteiger charge is 2.39. The van der Waals surface area contributed by atoms with Gasteiger partial charge in [0.2, 0.25) is 5.91 Å². The first kappa shape index (κ1) is 46.6. The molecule has 0 aliphatic carbocycles. The van der Waals surface area contributed by atoms with E-state index in [-0.39, 0.29) is 11.9 Å². The minimum atomic E-state index is -2.64. The molecule has 0 radical (unpaired) electrons. The molecule has 0 aliphatic heterocycles. The van der Waals surface area contributed by atoms with Crippen LogP contribution in [0.5, 0.6) is 11.5 Å². The fourth-order valence-electron chi connectivity index (χ4n) is 5.75. The lowest BCUT2D eigenvalue weighted by atomic mass is 10.1. The fraction of sp³-hybridized carbons (Fsp3) is 0.756. The zero-order valence-corrected chi connectivity index (χ0v) is 34.0. The van der Waals surface area contributed by atoms with E-state index in [1.807, 2.05) is 39.0 Å². The van der Waals surface area contributed by atoms with Crippen molar-refractivity contribution in [2.75, 3.05) is 46.2 Å². The van der Waals surface area contributed by atoms with Crippen molar-refractivity contribution in [1.29, 1.82) is 0 Å². The number of hydrogen-bond donors (Lipinski definition) is 1. The van der Waals surface area contributed by atoms with Crippen LogP contribution in [-0.4, -0.2) is 66.9 Å². The molecule has 1 aromatic rings. The Bertz CT molecular complexity index is 1020. The summed E-state index contributed by atoms with van der Waals surface area (Å²) < 4.78 is 35.2. The van der Waals surface area contributed by atoms with Crippen LogP contribution in [0.15, 0.2) is 24.3 Å². The molecule has 9 nitrogen and oxygen atoms in total. The van der Waals surface area contributed by atoms with Crippen LogP contribution >= 0.6 is 0 Å². The molecule has 0 heterocycles. The zero-order chi connectivity index (χ0) is 37.3. The van der Waals surface area contributed by atoms with Crippen molar-refractivity contribution < 1.29 is 37.1 Å². The maximum Gasteiger partial charge on any atom is 0.500 e. The number of carbonyl (C=O) groups excluding carboxylic acids is 2. The van der Waals surface area contributed by atoms with E-state index in [2.05, 4.69) is 19.2 Å². The number of ether oxygens (including phenoxy) is 3. The molecule has 0 unspecified atom stereocenters. The SMILES string of the molecule is CCCCCCOC(=O)/C=C/c1ccc(OCCCCCC)cc1OCCCCCCCCCCC(=O)NCCC[Si](OCC)(OCC)OCC. The number of amides is 1. The van der Waals surface area contributed by atoms with E-state index in [0.717, 1.165) is 94.1 Å². The Kier molecular flexibility index (Phi) is 29.5. The van der Waals surface area contributed by atoms with Crippen LogP contribution in [-0.2, 0) is 27.6 Å². The van der Waals surface area contributed by atoms with Gasteiger partial charge in [-0.15, -0.1) is 0 Å². The molecule has 1 N–H and O–H groups in total. The Balaban J connectivity index is 2.32. The number of hydrogen-bond acceptors (Lipinski definition) is 8. The Morgan fingerprint density at radius 1 is 0.647 bits per heavy atom. The molecule has 0 saturated carbocycles. The van der Waals surface area contributed by atoms with Crippen LogP contribution in [0, 0.1) is 0 Å². The van der Waals surface area contributed by atoms with Gasteiger partial charge in [0.05, 0.1) is 19.8 Å². The van der Waals surface area contributed by atoms with E-state index in [1.165, 1.54) is 38.2 Å². The molecular weight excluding hydrogens is 663 g/mol. The summed E-state index contributed by atoms with van der Waals surface area (Å²) in [6, 6.07) is 6.55. The van der Waals surface area contributed by atoms with E-state index in [9.17, 15) is 9.59 Å². The first-order valence-corrected chi connectivity index (χ1v) is 22.3. The Morgan fingerprint density at radius 2 is 1.20 bits per heavy atom. The van der Waals surface area contributed by atoms with Crippen molar-refractivity contribution in [2.24, 2.45) is 0 Å². The van der Waals surface area contributed by atoms with Gasteiger partial charge in [-0.3, -0.25) is 4.79 Å². The van der Waals surface area contributed by atoms with Crippen molar-refractivity contribution in [3.8, 4) is 11.5 Å². The highest BCUT2D eigenvalue weighted by molar-refractivity contribution is 6.60. The van der Waals surface area contributed by atoms with Gasteiger partial charge in [-0.2, -0.15) is 0 Å². The van der Waals surface area contributed by atoms with Gasteiger partial charge in [-0.25, -0.2) is 4.79 Å². The van der Waals surface area contributed by atoms with Gasteiger partial charge < -0.3 is 32.8 Å². The second kappa shape index (κ2) is 32.3. The predicted molar refractivity (Wildman–Crippen MR) is 210 cm³/mol. The average molecular weight is 736 g/mol. The summed E-state index contributed by atoms with van der Waals surface area (Å²) in [5.41, 5.74) is 0.846. The van der Waals surface area contributed by atoms with Gasteiger partial charge in [0, 0.05) is 56.5 Å². The third-order valence-electron chi connectivity index (χ3n) is 8.52. The molecule has 0 spiro atoms. The second-order valence-corrected chi connectivity index (χ2v) is 15.8. The zero-order valence-electron chi connectivity index (χ0n) is 33.0. The van der Waals surface area contributed by atoms with Crippen molar-refractivity contribution in [3.63, 3.8) is 0 Å². The quantitative estimate of drug-likeness (QED) is 0.0318. The highest BCUT2D eigenvalue weighted by atomic mass is 28.4. The molecule has 0 saturated heterocycles. The number of esters is 1. The Morgan fingerprint density at radius 3 is 1.80 bits per heavy atom. The molecule has 0 bridgehead atoms. The standard InChI is InChI=1S/C41H73NO8Si/c1-6-11-13-22-32-45-38-29-27-37(28-30-41(44)47-34-23-14-12-7-2)39(36-38)46-33-24-20-18-16-15-17-19-21-26-40(43)42-31-25-35-51(48-8-3,49-9-4)50-10-5/h27-30,36H,6-26,31-35H2,1-5H3,(H,42,43)/b30-28+. The number of rotatable bonds is 35. The molecule has 0 aromatic heterocycles. The molecule has 51 heavy (non-hydrogen) atoms. The average Bonchev–Trinajstić information content (AvgIpc) is 3.12. The monoisotopic (exact) mass is 736 g/mol. The van der Waals surface area contributed by atoms with Crippen molar-refractivity contribution >= 4 is 26.8 Å². The molecule has 1 amide bonds. The highest BCUT2D eigenvalue weighted by Crippen LogP contribution is 2.27. The van der Waals surface area contributed by atoms with Crippen LogP contribution < -0.4 is 14.8 Å². The van der Waals surface area contributed by atoms with Crippen LogP contribution in [0.2, 0.25) is 6.04 Å². The maximum absolute atomic E-state index is 12.3. The van der Waals surface area contributed by atoms with Crippen LogP contribution in [0.3, 0.4) is 0 Å². The number of unbranched alkanes of at least 4 members (excludes halogenated alkanes) is 13. The summed E-state index contributed by atoms with van der Waals surface area (Å²) in [6.07, 6.45) is 22.3. The van der Waals surface area contributed by atoms with E-state index in [4.69, 9.17) is 27.5 Å². The fourth-order valence-corrected chi connectivity index (χ4v) is 8.36. The van der Waals surface area contributed by atoms with Gasteiger partial charge in [0.1, 0.15) is 11.5 Å². The Labute approximate surface area is 312 Å². The largest absolute Gasteiger partial charge is 0.500 e. The van der Waals surface area contributed by atoms with Gasteiger partial charge in [0.15, 0.2) is 0 Å². The molecule has 0 atom stereocenters. The van der Waals surface area contributed by atoms with Gasteiger partial charge in [-0.1, -0.05) is 90.9 Å². The summed E-state index contributed by atoms with van der Waals surface area (Å²) in [5.74, 6) is 1.31. The molecule has 0 aliphatic rings. The summed E-state index contributed by atoms with van der Waals surface area (Å²) in [5, 5.41) is 3.04. The summed E-state index contributed by atoms with van der Waals surface area (Å²) >= 11 is 0. The minimum absolute atomic E-state index is 0.118. The minimum Gasteiger partial charge on any atom is -0.493 e. The summed E-state index contributed by atoms with van der Waals surface area (Å²) in [7, 11) is -2.64. The van der Waals surface area contributed by atoms with E-state index in [1.54, 1.807) is 6.08 Å². The first-order chi connectivity index (χ1) is 24.9. The van der Waals surface area contributed by atoms with Gasteiger partial charge in [-0.05, 0) is 71.1 Å². The lowest BCUT2D eigenvalue weighted by Crippen LogP contribution is -2.46. The van der Waals surface area contributed by atoms with E-state index >= 15 is 0 Å².